The summed E-state index contributed by atoms with van der Waals surface area (Å²) in [5.74, 6) is 0. The Morgan fingerprint density at radius 2 is 2.05 bits per heavy atom. The zero-order valence-electron chi connectivity index (χ0n) is 11.9. The van der Waals surface area contributed by atoms with E-state index in [0.717, 1.165) is 25.7 Å². The lowest BCUT2D eigenvalue weighted by atomic mass is 9.91. The summed E-state index contributed by atoms with van der Waals surface area (Å²) in [5.41, 5.74) is 1.16. The van der Waals surface area contributed by atoms with Gasteiger partial charge in [0.1, 0.15) is 4.90 Å². The second kappa shape index (κ2) is 5.13. The number of H-pyrrole nitrogens is 1. The molecule has 2 fully saturated rings. The summed E-state index contributed by atoms with van der Waals surface area (Å²) in [5, 5.41) is 6.79. The number of fused-ring (bicyclic) bond motifs is 1. The Labute approximate surface area is 119 Å². The summed E-state index contributed by atoms with van der Waals surface area (Å²) in [7, 11) is -3.49. The van der Waals surface area contributed by atoms with Crippen molar-refractivity contribution in [2.45, 2.75) is 56.6 Å². The Balaban J connectivity index is 1.98. The molecule has 1 aromatic heterocycles. The second-order valence-corrected chi connectivity index (χ2v) is 7.47. The first-order valence-electron chi connectivity index (χ1n) is 7.17. The lowest BCUT2D eigenvalue weighted by Gasteiger charge is -2.42. The van der Waals surface area contributed by atoms with Crippen molar-refractivity contribution < 1.29 is 13.2 Å². The van der Waals surface area contributed by atoms with E-state index < -0.39 is 10.0 Å². The number of sulfonamides is 1. The minimum Gasteiger partial charge on any atom is -0.375 e. The molecule has 1 saturated carbocycles. The average molecular weight is 299 g/mol. The van der Waals surface area contributed by atoms with E-state index in [1.54, 1.807) is 18.2 Å². The highest BCUT2D eigenvalue weighted by Crippen LogP contribution is 2.33. The Morgan fingerprint density at radius 1 is 1.30 bits per heavy atom. The zero-order valence-corrected chi connectivity index (χ0v) is 12.7. The summed E-state index contributed by atoms with van der Waals surface area (Å²) in [6, 6.07) is -0.0174. The number of hydrogen-bond acceptors (Lipinski definition) is 4. The van der Waals surface area contributed by atoms with E-state index in [4.69, 9.17) is 4.74 Å². The van der Waals surface area contributed by atoms with Gasteiger partial charge in [-0.15, -0.1) is 0 Å². The van der Waals surface area contributed by atoms with Crippen molar-refractivity contribution in [2.24, 2.45) is 0 Å². The molecule has 3 rings (SSSR count). The van der Waals surface area contributed by atoms with Crippen LogP contribution in [0.15, 0.2) is 4.90 Å². The summed E-state index contributed by atoms with van der Waals surface area (Å²) >= 11 is 0. The predicted octanol–water partition coefficient (Wildman–Crippen LogP) is 1.36. The van der Waals surface area contributed by atoms with Crippen LogP contribution < -0.4 is 0 Å². The van der Waals surface area contributed by atoms with Crippen LogP contribution in [-0.2, 0) is 14.8 Å². The number of nitrogens with zero attached hydrogens (tertiary/aromatic N) is 2. The molecule has 0 unspecified atom stereocenters. The fourth-order valence-corrected chi connectivity index (χ4v) is 5.40. The van der Waals surface area contributed by atoms with Gasteiger partial charge in [0.05, 0.1) is 30.1 Å². The molecule has 2 aliphatic rings. The Kier molecular flexibility index (Phi) is 3.60. The molecular formula is C13H21N3O3S. The van der Waals surface area contributed by atoms with Gasteiger partial charge in [0.2, 0.25) is 10.0 Å². The van der Waals surface area contributed by atoms with Crippen molar-refractivity contribution in [1.82, 2.24) is 14.5 Å². The fraction of sp³-hybridized carbons (Fsp3) is 0.769. The summed E-state index contributed by atoms with van der Waals surface area (Å²) < 4.78 is 33.3. The molecule has 1 saturated heterocycles. The van der Waals surface area contributed by atoms with Crippen LogP contribution in [-0.4, -0.2) is 48.2 Å². The summed E-state index contributed by atoms with van der Waals surface area (Å²) in [4.78, 5) is 0.337. The molecule has 20 heavy (non-hydrogen) atoms. The minimum atomic E-state index is -3.49. The Hall–Kier alpha value is -0.920. The highest BCUT2D eigenvalue weighted by atomic mass is 32.2. The minimum absolute atomic E-state index is 0.0174. The van der Waals surface area contributed by atoms with E-state index in [0.29, 0.717) is 29.4 Å². The van der Waals surface area contributed by atoms with Crippen molar-refractivity contribution in [3.8, 4) is 0 Å². The van der Waals surface area contributed by atoms with E-state index in [9.17, 15) is 8.42 Å². The molecule has 2 atom stereocenters. The smallest absolute Gasteiger partial charge is 0.247 e. The van der Waals surface area contributed by atoms with Crippen LogP contribution in [0.1, 0.15) is 37.1 Å². The van der Waals surface area contributed by atoms with E-state index >= 15 is 0 Å². The molecule has 1 aliphatic carbocycles. The van der Waals surface area contributed by atoms with Gasteiger partial charge in [0, 0.05) is 6.54 Å². The van der Waals surface area contributed by atoms with Gasteiger partial charge in [-0.05, 0) is 26.7 Å². The van der Waals surface area contributed by atoms with Gasteiger partial charge >= 0.3 is 0 Å². The number of aromatic amines is 1. The molecule has 2 heterocycles. The van der Waals surface area contributed by atoms with Crippen molar-refractivity contribution >= 4 is 10.0 Å². The van der Waals surface area contributed by atoms with E-state index in [1.807, 2.05) is 0 Å². The summed E-state index contributed by atoms with van der Waals surface area (Å²) in [6.07, 6.45) is 4.10. The van der Waals surface area contributed by atoms with Gasteiger partial charge in [-0.25, -0.2) is 8.42 Å². The number of aromatic nitrogens is 2. The zero-order chi connectivity index (χ0) is 14.3. The first-order valence-corrected chi connectivity index (χ1v) is 8.61. The first kappa shape index (κ1) is 14.0. The van der Waals surface area contributed by atoms with Crippen LogP contribution in [0.5, 0.6) is 0 Å². The number of aryl methyl sites for hydroxylation is 2. The van der Waals surface area contributed by atoms with Gasteiger partial charge in [-0.2, -0.15) is 9.40 Å². The van der Waals surface area contributed by atoms with Crippen molar-refractivity contribution in [3.63, 3.8) is 0 Å². The predicted molar refractivity (Wildman–Crippen MR) is 73.9 cm³/mol. The molecule has 0 amide bonds. The normalized spacial score (nSPS) is 28.3. The maximum Gasteiger partial charge on any atom is 0.247 e. The lowest BCUT2D eigenvalue weighted by Crippen LogP contribution is -2.54. The van der Waals surface area contributed by atoms with Crippen molar-refractivity contribution in [3.05, 3.63) is 11.4 Å². The van der Waals surface area contributed by atoms with Gasteiger partial charge in [0.15, 0.2) is 0 Å². The third kappa shape index (κ3) is 2.17. The molecule has 7 heteroatoms. The van der Waals surface area contributed by atoms with E-state index in [1.165, 1.54) is 0 Å². The molecule has 0 spiro atoms. The summed E-state index contributed by atoms with van der Waals surface area (Å²) in [6.45, 7) is 4.41. The fourth-order valence-electron chi connectivity index (χ4n) is 3.40. The van der Waals surface area contributed by atoms with Crippen LogP contribution >= 0.6 is 0 Å². The number of ether oxygens (including phenoxy) is 1. The quantitative estimate of drug-likeness (QED) is 0.894. The standard InChI is InChI=1S/C13H21N3O3S/c1-9-13(10(2)15-14-9)20(17,18)16-7-8-19-12-6-4-3-5-11(12)16/h11-12H,3-8H2,1-2H3,(H,14,15)/t11-,12-/m0/s1. The van der Waals surface area contributed by atoms with Crippen LogP contribution in [0, 0.1) is 13.8 Å². The van der Waals surface area contributed by atoms with E-state index in [2.05, 4.69) is 10.2 Å². The number of rotatable bonds is 2. The van der Waals surface area contributed by atoms with Crippen LogP contribution in [0.4, 0.5) is 0 Å². The van der Waals surface area contributed by atoms with Gasteiger partial charge in [-0.1, -0.05) is 12.8 Å². The second-order valence-electron chi connectivity index (χ2n) is 5.64. The molecule has 112 valence electrons. The lowest BCUT2D eigenvalue weighted by molar-refractivity contribution is -0.0586. The molecule has 1 N–H and O–H groups in total. The molecule has 6 nitrogen and oxygen atoms in total. The van der Waals surface area contributed by atoms with Crippen LogP contribution in [0.2, 0.25) is 0 Å². The number of hydrogen-bond donors (Lipinski definition) is 1. The molecule has 0 aromatic carbocycles. The SMILES string of the molecule is Cc1n[nH]c(C)c1S(=O)(=O)N1CCO[C@H]2CCCC[C@@H]21. The van der Waals surface area contributed by atoms with Gasteiger partial charge in [-0.3, -0.25) is 5.10 Å². The van der Waals surface area contributed by atoms with Crippen molar-refractivity contribution in [2.75, 3.05) is 13.2 Å². The van der Waals surface area contributed by atoms with Crippen LogP contribution in [0.25, 0.3) is 0 Å². The monoisotopic (exact) mass is 299 g/mol. The third-order valence-electron chi connectivity index (χ3n) is 4.31. The average Bonchev–Trinajstić information content (AvgIpc) is 2.78. The van der Waals surface area contributed by atoms with E-state index in [-0.39, 0.29) is 12.1 Å². The van der Waals surface area contributed by atoms with Gasteiger partial charge in [0.25, 0.3) is 0 Å². The molecule has 1 aliphatic heterocycles. The largest absolute Gasteiger partial charge is 0.375 e. The molecule has 1 aromatic rings. The Morgan fingerprint density at radius 3 is 2.75 bits per heavy atom. The topological polar surface area (TPSA) is 75.3 Å². The number of morpholine rings is 1. The maximum absolute atomic E-state index is 13.0. The maximum atomic E-state index is 13.0. The number of nitrogens with one attached hydrogen (secondary N) is 1. The third-order valence-corrected chi connectivity index (χ3v) is 6.50. The molecule has 0 bridgehead atoms. The highest BCUT2D eigenvalue weighted by Gasteiger charge is 2.42. The molecular weight excluding hydrogens is 278 g/mol. The first-order chi connectivity index (χ1) is 9.51. The highest BCUT2D eigenvalue weighted by molar-refractivity contribution is 7.89. The van der Waals surface area contributed by atoms with Crippen molar-refractivity contribution in [1.29, 1.82) is 0 Å². The van der Waals surface area contributed by atoms with Gasteiger partial charge < -0.3 is 4.74 Å². The molecule has 0 radical (unpaired) electrons. The Bertz CT molecular complexity index is 575. The van der Waals surface area contributed by atoms with Crippen LogP contribution in [0.3, 0.4) is 0 Å².